The van der Waals surface area contributed by atoms with Crippen molar-refractivity contribution in [1.29, 1.82) is 0 Å². The molecule has 0 aliphatic heterocycles. The van der Waals surface area contributed by atoms with Gasteiger partial charge in [0.1, 0.15) is 5.75 Å². The number of nitrogens with one attached hydrogen (secondary N) is 1. The van der Waals surface area contributed by atoms with Gasteiger partial charge in [0, 0.05) is 11.3 Å². The smallest absolute Gasteiger partial charge is 0.337 e. The van der Waals surface area contributed by atoms with Gasteiger partial charge in [-0.15, -0.1) is 0 Å². The van der Waals surface area contributed by atoms with Crippen molar-refractivity contribution in [3.05, 3.63) is 70.7 Å². The van der Waals surface area contributed by atoms with E-state index < -0.39 is 5.97 Å². The first-order valence-electron chi connectivity index (χ1n) is 8.40. The molecule has 27 heavy (non-hydrogen) atoms. The number of rotatable bonds is 5. The lowest BCUT2D eigenvalue weighted by molar-refractivity contribution is -0.119. The van der Waals surface area contributed by atoms with Crippen LogP contribution in [0.3, 0.4) is 0 Å². The average molecular weight is 384 g/mol. The Bertz CT molecular complexity index is 1030. The highest BCUT2D eigenvalue weighted by Crippen LogP contribution is 2.32. The number of benzene rings is 3. The van der Waals surface area contributed by atoms with E-state index in [-0.39, 0.29) is 28.8 Å². The van der Waals surface area contributed by atoms with Crippen molar-refractivity contribution in [3.63, 3.8) is 0 Å². The third-order valence-corrected chi connectivity index (χ3v) is 4.80. The van der Waals surface area contributed by atoms with Crippen LogP contribution in [-0.4, -0.2) is 22.1 Å². The molecule has 3 aromatic carbocycles. The van der Waals surface area contributed by atoms with Crippen LogP contribution in [0.25, 0.3) is 10.8 Å². The summed E-state index contributed by atoms with van der Waals surface area (Å²) in [4.78, 5) is 23.8. The van der Waals surface area contributed by atoms with Crippen LogP contribution >= 0.6 is 11.6 Å². The van der Waals surface area contributed by atoms with E-state index in [9.17, 15) is 19.8 Å². The molecule has 0 saturated heterocycles. The van der Waals surface area contributed by atoms with E-state index in [1.54, 1.807) is 31.2 Å². The van der Waals surface area contributed by atoms with Gasteiger partial charge in [-0.1, -0.05) is 54.9 Å². The lowest BCUT2D eigenvalue weighted by atomic mass is 9.97. The fourth-order valence-electron chi connectivity index (χ4n) is 2.94. The second-order valence-electron chi connectivity index (χ2n) is 6.40. The highest BCUT2D eigenvalue weighted by atomic mass is 35.5. The predicted octanol–water partition coefficient (Wildman–Crippen LogP) is 4.71. The number of fused-ring (bicyclic) bond motifs is 1. The van der Waals surface area contributed by atoms with Gasteiger partial charge in [-0.2, -0.15) is 0 Å². The summed E-state index contributed by atoms with van der Waals surface area (Å²) in [6.07, 6.45) is 0.482. The first-order chi connectivity index (χ1) is 12.9. The maximum absolute atomic E-state index is 12.5. The van der Waals surface area contributed by atoms with Gasteiger partial charge in [-0.3, -0.25) is 4.79 Å². The maximum atomic E-state index is 12.5. The van der Waals surface area contributed by atoms with Crippen molar-refractivity contribution in [2.24, 2.45) is 5.92 Å². The number of carbonyl (C=O) groups excluding carboxylic acids is 1. The van der Waals surface area contributed by atoms with Crippen LogP contribution in [0.2, 0.25) is 5.02 Å². The molecule has 1 unspecified atom stereocenters. The minimum absolute atomic E-state index is 0.0294. The topological polar surface area (TPSA) is 86.6 Å². The fraction of sp³-hybridized carbons (Fsp3) is 0.143. The van der Waals surface area contributed by atoms with Crippen molar-refractivity contribution in [3.8, 4) is 5.75 Å². The van der Waals surface area contributed by atoms with Crippen LogP contribution in [0, 0.1) is 5.92 Å². The quantitative estimate of drug-likeness (QED) is 0.595. The number of para-hydroxylation sites is 1. The van der Waals surface area contributed by atoms with E-state index in [0.717, 1.165) is 16.3 Å². The molecular weight excluding hydrogens is 366 g/mol. The number of aromatic carboxylic acids is 1. The zero-order valence-corrected chi connectivity index (χ0v) is 15.3. The summed E-state index contributed by atoms with van der Waals surface area (Å²) in [6, 6.07) is 15.2. The van der Waals surface area contributed by atoms with Gasteiger partial charge in [-0.25, -0.2) is 4.79 Å². The monoisotopic (exact) mass is 383 g/mol. The minimum atomic E-state index is -1.09. The standard InChI is InChI=1S/C21H18ClNO4/c1-12(20(25)23-17-5-3-2-4-16(17)21(26)27)10-13-6-8-15-14(11-13)7-9-18(24)19(15)22/h2-9,11-12,24H,10H2,1H3,(H,23,25)(H,26,27). The highest BCUT2D eigenvalue weighted by molar-refractivity contribution is 6.37. The van der Waals surface area contributed by atoms with E-state index in [1.807, 2.05) is 18.2 Å². The molecule has 0 aliphatic rings. The SMILES string of the molecule is CC(Cc1ccc2c(Cl)c(O)ccc2c1)C(=O)Nc1ccccc1C(=O)O. The lowest BCUT2D eigenvalue weighted by Gasteiger charge is -2.14. The highest BCUT2D eigenvalue weighted by Gasteiger charge is 2.17. The first kappa shape index (κ1) is 18.7. The van der Waals surface area contributed by atoms with Crippen LogP contribution in [0.1, 0.15) is 22.8 Å². The molecule has 0 aromatic heterocycles. The summed E-state index contributed by atoms with van der Waals surface area (Å²) in [6.45, 7) is 1.78. The number of carboxylic acids is 1. The van der Waals surface area contributed by atoms with E-state index in [0.29, 0.717) is 11.4 Å². The van der Waals surface area contributed by atoms with Gasteiger partial charge in [0.05, 0.1) is 16.3 Å². The van der Waals surface area contributed by atoms with Crippen molar-refractivity contribution in [2.75, 3.05) is 5.32 Å². The Morgan fingerprint density at radius 3 is 2.59 bits per heavy atom. The van der Waals surface area contributed by atoms with E-state index in [2.05, 4.69) is 5.32 Å². The van der Waals surface area contributed by atoms with Crippen molar-refractivity contribution >= 4 is 39.9 Å². The van der Waals surface area contributed by atoms with Crippen LogP contribution in [-0.2, 0) is 11.2 Å². The number of hydrogen-bond donors (Lipinski definition) is 3. The number of carbonyl (C=O) groups is 2. The molecule has 3 aromatic rings. The van der Waals surface area contributed by atoms with Gasteiger partial charge in [0.15, 0.2) is 0 Å². The zero-order chi connectivity index (χ0) is 19.6. The van der Waals surface area contributed by atoms with Crippen LogP contribution in [0.5, 0.6) is 5.75 Å². The molecule has 1 atom stereocenters. The largest absolute Gasteiger partial charge is 0.506 e. The second-order valence-corrected chi connectivity index (χ2v) is 6.78. The molecule has 0 radical (unpaired) electrons. The summed E-state index contributed by atoms with van der Waals surface area (Å²) in [5, 5.41) is 23.5. The number of phenols is 1. The molecule has 5 nitrogen and oxygen atoms in total. The normalized spacial score (nSPS) is 11.9. The Morgan fingerprint density at radius 2 is 1.85 bits per heavy atom. The minimum Gasteiger partial charge on any atom is -0.506 e. The molecule has 6 heteroatoms. The fourth-order valence-corrected chi connectivity index (χ4v) is 3.17. The Kier molecular flexibility index (Phi) is 5.33. The molecule has 138 valence electrons. The number of anilines is 1. The Balaban J connectivity index is 1.76. The van der Waals surface area contributed by atoms with Gasteiger partial charge in [-0.05, 0) is 35.6 Å². The number of carboxylic acid groups (broad SMARTS) is 1. The van der Waals surface area contributed by atoms with Gasteiger partial charge < -0.3 is 15.5 Å². The van der Waals surface area contributed by atoms with Crippen LogP contribution < -0.4 is 5.32 Å². The van der Waals surface area contributed by atoms with E-state index in [4.69, 9.17) is 11.6 Å². The summed E-state index contributed by atoms with van der Waals surface area (Å²) in [5.74, 6) is -1.68. The van der Waals surface area contributed by atoms with Gasteiger partial charge in [0.25, 0.3) is 0 Å². The molecule has 0 aliphatic carbocycles. The number of phenolic OH excluding ortho intramolecular Hbond substituents is 1. The van der Waals surface area contributed by atoms with Crippen LogP contribution in [0.15, 0.2) is 54.6 Å². The number of amides is 1. The Morgan fingerprint density at radius 1 is 1.11 bits per heavy atom. The van der Waals surface area contributed by atoms with Crippen molar-refractivity contribution < 1.29 is 19.8 Å². The van der Waals surface area contributed by atoms with Crippen molar-refractivity contribution in [2.45, 2.75) is 13.3 Å². The molecule has 0 heterocycles. The second kappa shape index (κ2) is 7.68. The van der Waals surface area contributed by atoms with Crippen molar-refractivity contribution in [1.82, 2.24) is 0 Å². The van der Waals surface area contributed by atoms with Gasteiger partial charge >= 0.3 is 5.97 Å². The van der Waals surface area contributed by atoms with E-state index in [1.165, 1.54) is 12.1 Å². The Labute approximate surface area is 161 Å². The molecule has 3 N–H and O–H groups in total. The third kappa shape index (κ3) is 4.04. The number of hydrogen-bond acceptors (Lipinski definition) is 3. The average Bonchev–Trinajstić information content (AvgIpc) is 2.65. The first-order valence-corrected chi connectivity index (χ1v) is 8.78. The summed E-state index contributed by atoms with van der Waals surface area (Å²) < 4.78 is 0. The Hall–Kier alpha value is -3.05. The zero-order valence-electron chi connectivity index (χ0n) is 14.6. The molecule has 1 amide bonds. The molecule has 0 spiro atoms. The molecular formula is C21H18ClNO4. The lowest BCUT2D eigenvalue weighted by Crippen LogP contribution is -2.23. The summed E-state index contributed by atoms with van der Waals surface area (Å²) in [5.41, 5.74) is 1.28. The maximum Gasteiger partial charge on any atom is 0.337 e. The molecule has 0 bridgehead atoms. The number of halogens is 1. The predicted molar refractivity (Wildman–Crippen MR) is 106 cm³/mol. The third-order valence-electron chi connectivity index (χ3n) is 4.40. The molecule has 3 rings (SSSR count). The summed E-state index contributed by atoms with van der Waals surface area (Å²) >= 11 is 6.10. The number of aromatic hydroxyl groups is 1. The van der Waals surface area contributed by atoms with E-state index >= 15 is 0 Å². The van der Waals surface area contributed by atoms with Gasteiger partial charge in [0.2, 0.25) is 5.91 Å². The molecule has 0 fully saturated rings. The summed E-state index contributed by atoms with van der Waals surface area (Å²) in [7, 11) is 0. The van der Waals surface area contributed by atoms with Crippen LogP contribution in [0.4, 0.5) is 5.69 Å². The molecule has 0 saturated carbocycles.